The topological polar surface area (TPSA) is 81.7 Å². The van der Waals surface area contributed by atoms with Crippen molar-refractivity contribution in [3.63, 3.8) is 0 Å². The predicted octanol–water partition coefficient (Wildman–Crippen LogP) is 1.56. The number of nitrogens with one attached hydrogen (secondary N) is 2. The maximum atomic E-state index is 12.1. The number of aliphatic carboxylic acids is 1. The van der Waals surface area contributed by atoms with E-state index in [0.29, 0.717) is 6.54 Å². The van der Waals surface area contributed by atoms with E-state index in [1.54, 1.807) is 0 Å². The minimum atomic E-state index is -0.851. The van der Waals surface area contributed by atoms with Crippen molar-refractivity contribution < 1.29 is 14.7 Å². The SMILES string of the molecule is CN(C)C1(CNC(=O)NC2(CC(=O)O)CCC2)CCCC1. The van der Waals surface area contributed by atoms with Gasteiger partial charge in [-0.3, -0.25) is 4.79 Å². The molecule has 0 aromatic rings. The number of carbonyl (C=O) groups excluding carboxylic acids is 1. The number of likely N-dealkylation sites (N-methyl/N-ethyl adjacent to an activating group) is 1. The summed E-state index contributed by atoms with van der Waals surface area (Å²) in [6.45, 7) is 0.620. The number of carboxylic acids is 1. The Hall–Kier alpha value is -1.30. The van der Waals surface area contributed by atoms with E-state index >= 15 is 0 Å². The predicted molar refractivity (Wildman–Crippen MR) is 80.3 cm³/mol. The molecule has 2 saturated carbocycles. The fourth-order valence-electron chi connectivity index (χ4n) is 3.58. The van der Waals surface area contributed by atoms with Gasteiger partial charge in [-0.1, -0.05) is 12.8 Å². The van der Waals surface area contributed by atoms with E-state index in [2.05, 4.69) is 29.6 Å². The fraction of sp³-hybridized carbons (Fsp3) is 0.867. The van der Waals surface area contributed by atoms with E-state index in [-0.39, 0.29) is 18.0 Å². The van der Waals surface area contributed by atoms with Crippen LogP contribution < -0.4 is 10.6 Å². The molecular formula is C15H27N3O3. The molecule has 120 valence electrons. The molecule has 0 saturated heterocycles. The Morgan fingerprint density at radius 3 is 2.14 bits per heavy atom. The Morgan fingerprint density at radius 2 is 1.71 bits per heavy atom. The third kappa shape index (κ3) is 3.67. The second-order valence-electron chi connectivity index (χ2n) is 6.84. The van der Waals surface area contributed by atoms with Gasteiger partial charge in [0.05, 0.1) is 12.0 Å². The molecule has 0 aliphatic heterocycles. The summed E-state index contributed by atoms with van der Waals surface area (Å²) in [5.41, 5.74) is -0.478. The lowest BCUT2D eigenvalue weighted by Gasteiger charge is -2.42. The quantitative estimate of drug-likeness (QED) is 0.695. The number of rotatable bonds is 6. The molecule has 6 nitrogen and oxygen atoms in total. The summed E-state index contributed by atoms with van der Waals surface area (Å²) < 4.78 is 0. The average Bonchev–Trinajstić information content (AvgIpc) is 2.83. The normalized spacial score (nSPS) is 22.6. The summed E-state index contributed by atoms with van der Waals surface area (Å²) >= 11 is 0. The molecule has 0 heterocycles. The third-order valence-corrected chi connectivity index (χ3v) is 5.24. The standard InChI is InChI=1S/C15H27N3O3/c1-18(2)15(8-3-4-9-15)11-16-13(21)17-14(6-5-7-14)10-12(19)20/h3-11H2,1-2H3,(H,19,20)(H2,16,17,21). The Bertz CT molecular complexity index is 399. The largest absolute Gasteiger partial charge is 0.481 e. The van der Waals surface area contributed by atoms with Crippen LogP contribution in [0.4, 0.5) is 4.79 Å². The molecule has 0 spiro atoms. The summed E-state index contributed by atoms with van der Waals surface area (Å²) in [7, 11) is 4.12. The van der Waals surface area contributed by atoms with Crippen LogP contribution in [0.15, 0.2) is 0 Å². The van der Waals surface area contributed by atoms with Crippen molar-refractivity contribution >= 4 is 12.0 Å². The van der Waals surface area contributed by atoms with Gasteiger partial charge in [-0.25, -0.2) is 4.79 Å². The molecule has 2 fully saturated rings. The lowest BCUT2D eigenvalue weighted by atomic mass is 9.74. The van der Waals surface area contributed by atoms with Crippen molar-refractivity contribution in [1.82, 2.24) is 15.5 Å². The lowest BCUT2D eigenvalue weighted by molar-refractivity contribution is -0.139. The number of nitrogens with zero attached hydrogens (tertiary/aromatic N) is 1. The monoisotopic (exact) mass is 297 g/mol. The van der Waals surface area contributed by atoms with E-state index in [1.807, 2.05) is 0 Å². The zero-order valence-corrected chi connectivity index (χ0v) is 13.1. The first-order valence-electron chi connectivity index (χ1n) is 7.83. The lowest BCUT2D eigenvalue weighted by Crippen LogP contribution is -2.59. The van der Waals surface area contributed by atoms with Crippen LogP contribution in [-0.2, 0) is 4.79 Å². The van der Waals surface area contributed by atoms with Gasteiger partial charge in [-0.15, -0.1) is 0 Å². The summed E-state index contributed by atoms with van der Waals surface area (Å²) in [4.78, 5) is 25.2. The molecule has 0 atom stereocenters. The van der Waals surface area contributed by atoms with Crippen LogP contribution >= 0.6 is 0 Å². The van der Waals surface area contributed by atoms with Gasteiger partial charge in [-0.2, -0.15) is 0 Å². The Kier molecular flexibility index (Phi) is 4.76. The molecule has 2 rings (SSSR count). The number of amides is 2. The zero-order valence-electron chi connectivity index (χ0n) is 13.1. The van der Waals surface area contributed by atoms with Gasteiger partial charge in [0.25, 0.3) is 0 Å². The second kappa shape index (κ2) is 6.22. The van der Waals surface area contributed by atoms with Crippen LogP contribution in [0.3, 0.4) is 0 Å². The number of carboxylic acid groups (broad SMARTS) is 1. The van der Waals surface area contributed by atoms with Crippen molar-refractivity contribution in [3.05, 3.63) is 0 Å². The molecule has 0 bridgehead atoms. The van der Waals surface area contributed by atoms with Crippen LogP contribution in [-0.4, -0.2) is 53.7 Å². The molecule has 3 N–H and O–H groups in total. The summed E-state index contributed by atoms with van der Waals surface area (Å²) in [5, 5.41) is 14.8. The highest BCUT2D eigenvalue weighted by Crippen LogP contribution is 2.35. The molecule has 2 aliphatic carbocycles. The van der Waals surface area contributed by atoms with Crippen LogP contribution in [0, 0.1) is 0 Å². The van der Waals surface area contributed by atoms with Gasteiger partial charge in [-0.05, 0) is 46.2 Å². The van der Waals surface area contributed by atoms with Crippen LogP contribution in [0.5, 0.6) is 0 Å². The first kappa shape index (κ1) is 16.1. The van der Waals surface area contributed by atoms with E-state index < -0.39 is 11.5 Å². The maximum absolute atomic E-state index is 12.1. The fourth-order valence-corrected chi connectivity index (χ4v) is 3.58. The molecule has 0 radical (unpaired) electrons. The van der Waals surface area contributed by atoms with E-state index in [4.69, 9.17) is 5.11 Å². The van der Waals surface area contributed by atoms with Crippen LogP contribution in [0.25, 0.3) is 0 Å². The van der Waals surface area contributed by atoms with E-state index in [1.165, 1.54) is 12.8 Å². The minimum Gasteiger partial charge on any atom is -0.481 e. The average molecular weight is 297 g/mol. The number of hydrogen-bond donors (Lipinski definition) is 3. The van der Waals surface area contributed by atoms with Crippen molar-refractivity contribution in [3.8, 4) is 0 Å². The van der Waals surface area contributed by atoms with E-state index in [9.17, 15) is 9.59 Å². The van der Waals surface area contributed by atoms with Gasteiger partial charge in [0, 0.05) is 12.1 Å². The zero-order chi connectivity index (χ0) is 15.5. The van der Waals surface area contributed by atoms with Gasteiger partial charge < -0.3 is 20.6 Å². The Labute approximate surface area is 126 Å². The summed E-state index contributed by atoms with van der Waals surface area (Å²) in [5.74, 6) is -0.851. The number of urea groups is 1. The smallest absolute Gasteiger partial charge is 0.315 e. The highest BCUT2D eigenvalue weighted by atomic mass is 16.4. The third-order valence-electron chi connectivity index (χ3n) is 5.24. The Morgan fingerprint density at radius 1 is 1.10 bits per heavy atom. The van der Waals surface area contributed by atoms with Crippen molar-refractivity contribution in [1.29, 1.82) is 0 Å². The number of carbonyl (C=O) groups is 2. The summed E-state index contributed by atoms with van der Waals surface area (Å²) in [6, 6.07) is -0.232. The van der Waals surface area contributed by atoms with Crippen LogP contribution in [0.1, 0.15) is 51.4 Å². The van der Waals surface area contributed by atoms with Gasteiger partial charge in [0.1, 0.15) is 0 Å². The molecule has 0 aromatic carbocycles. The highest BCUT2D eigenvalue weighted by molar-refractivity contribution is 5.77. The van der Waals surface area contributed by atoms with Crippen molar-refractivity contribution in [2.75, 3.05) is 20.6 Å². The molecule has 6 heteroatoms. The molecular weight excluding hydrogens is 270 g/mol. The van der Waals surface area contributed by atoms with E-state index in [0.717, 1.165) is 32.1 Å². The number of hydrogen-bond acceptors (Lipinski definition) is 3. The second-order valence-corrected chi connectivity index (χ2v) is 6.84. The van der Waals surface area contributed by atoms with Crippen molar-refractivity contribution in [2.45, 2.75) is 62.4 Å². The van der Waals surface area contributed by atoms with Gasteiger partial charge in [0.15, 0.2) is 0 Å². The Balaban J connectivity index is 1.85. The highest BCUT2D eigenvalue weighted by Gasteiger charge is 2.41. The molecule has 0 unspecified atom stereocenters. The molecule has 2 aliphatic rings. The van der Waals surface area contributed by atoms with Gasteiger partial charge >= 0.3 is 12.0 Å². The van der Waals surface area contributed by atoms with Gasteiger partial charge in [0.2, 0.25) is 0 Å². The maximum Gasteiger partial charge on any atom is 0.315 e. The molecule has 21 heavy (non-hydrogen) atoms. The minimum absolute atomic E-state index is 0.0131. The first-order valence-corrected chi connectivity index (χ1v) is 7.83. The van der Waals surface area contributed by atoms with Crippen LogP contribution in [0.2, 0.25) is 0 Å². The van der Waals surface area contributed by atoms with Crippen molar-refractivity contribution in [2.24, 2.45) is 0 Å². The first-order chi connectivity index (χ1) is 9.88. The molecule has 0 aromatic heterocycles. The summed E-state index contributed by atoms with van der Waals surface area (Å²) in [6.07, 6.45) is 7.10. The molecule has 2 amide bonds.